The summed E-state index contributed by atoms with van der Waals surface area (Å²) in [6.45, 7) is 4.18. The Morgan fingerprint density at radius 3 is 2.71 bits per heavy atom. The second-order valence-electron chi connectivity index (χ2n) is 7.12. The van der Waals surface area contributed by atoms with Crippen molar-refractivity contribution >= 4 is 44.9 Å². The number of fused-ring (bicyclic) bond motifs is 3. The average molecular weight is 412 g/mol. The van der Waals surface area contributed by atoms with E-state index in [0.29, 0.717) is 0 Å². The first-order valence-corrected chi connectivity index (χ1v) is 11.7. The van der Waals surface area contributed by atoms with Crippen LogP contribution in [0.5, 0.6) is 0 Å². The third kappa shape index (κ3) is 3.94. The molecule has 4 nitrogen and oxygen atoms in total. The number of carbonyl (C=O) groups excluding carboxylic acids is 1. The van der Waals surface area contributed by atoms with Gasteiger partial charge in [-0.05, 0) is 61.8 Å². The maximum Gasteiger partial charge on any atom is 0.237 e. The Kier molecular flexibility index (Phi) is 5.97. The van der Waals surface area contributed by atoms with E-state index in [1.54, 1.807) is 29.4 Å². The molecule has 0 fully saturated rings. The lowest BCUT2D eigenvalue weighted by Gasteiger charge is -2.16. The first-order valence-electron chi connectivity index (χ1n) is 10.0. The van der Waals surface area contributed by atoms with Crippen molar-refractivity contribution in [1.82, 2.24) is 9.97 Å². The molecule has 0 saturated carbocycles. The largest absolute Gasteiger partial charge is 0.325 e. The molecule has 0 bridgehead atoms. The molecule has 1 N–H and O–H groups in total. The molecule has 0 radical (unpaired) electrons. The maximum absolute atomic E-state index is 12.9. The predicted molar refractivity (Wildman–Crippen MR) is 118 cm³/mol. The molecule has 1 aliphatic rings. The fourth-order valence-corrected chi connectivity index (χ4v) is 6.00. The molecule has 28 heavy (non-hydrogen) atoms. The van der Waals surface area contributed by atoms with Crippen LogP contribution < -0.4 is 5.32 Å². The Bertz CT molecular complexity index is 981. The quantitative estimate of drug-likeness (QED) is 0.421. The molecule has 1 aromatic carbocycles. The van der Waals surface area contributed by atoms with E-state index in [1.807, 2.05) is 12.1 Å². The van der Waals surface area contributed by atoms with Gasteiger partial charge in [-0.1, -0.05) is 37.7 Å². The normalized spacial score (nSPS) is 14.6. The van der Waals surface area contributed by atoms with Crippen LogP contribution in [0.15, 0.2) is 35.6 Å². The highest BCUT2D eigenvalue weighted by molar-refractivity contribution is 8.00. The van der Waals surface area contributed by atoms with Crippen molar-refractivity contribution in [2.75, 3.05) is 5.32 Å². The smallest absolute Gasteiger partial charge is 0.237 e. The molecular weight excluding hydrogens is 386 g/mol. The summed E-state index contributed by atoms with van der Waals surface area (Å²) in [6, 6.07) is 8.09. The molecule has 1 aliphatic carbocycles. The predicted octanol–water partition coefficient (Wildman–Crippen LogP) is 5.64. The van der Waals surface area contributed by atoms with E-state index in [2.05, 4.69) is 41.3 Å². The van der Waals surface area contributed by atoms with Crippen LogP contribution in [0.2, 0.25) is 0 Å². The van der Waals surface area contributed by atoms with E-state index in [9.17, 15) is 4.79 Å². The van der Waals surface area contributed by atoms with Crippen molar-refractivity contribution in [3.05, 3.63) is 46.6 Å². The number of hydrogen-bond acceptors (Lipinski definition) is 5. The van der Waals surface area contributed by atoms with Gasteiger partial charge in [0, 0.05) is 16.0 Å². The van der Waals surface area contributed by atoms with Crippen molar-refractivity contribution < 1.29 is 4.79 Å². The molecule has 1 unspecified atom stereocenters. The van der Waals surface area contributed by atoms with Crippen LogP contribution in [-0.2, 0) is 24.1 Å². The van der Waals surface area contributed by atoms with Gasteiger partial charge in [0.25, 0.3) is 0 Å². The lowest BCUT2D eigenvalue weighted by molar-refractivity contribution is -0.115. The number of thioether (sulfide) groups is 1. The summed E-state index contributed by atoms with van der Waals surface area (Å²) in [7, 11) is 0. The van der Waals surface area contributed by atoms with E-state index in [4.69, 9.17) is 0 Å². The molecular formula is C22H25N3OS2. The summed E-state index contributed by atoms with van der Waals surface area (Å²) >= 11 is 3.37. The molecule has 1 atom stereocenters. The first kappa shape index (κ1) is 19.4. The lowest BCUT2D eigenvalue weighted by atomic mass is 9.97. The number of nitrogens with one attached hydrogen (secondary N) is 1. The second kappa shape index (κ2) is 8.62. The number of benzene rings is 1. The van der Waals surface area contributed by atoms with Gasteiger partial charge in [0.2, 0.25) is 5.91 Å². The molecule has 6 heteroatoms. The molecule has 146 valence electrons. The van der Waals surface area contributed by atoms with Crippen molar-refractivity contribution in [3.8, 4) is 0 Å². The highest BCUT2D eigenvalue weighted by atomic mass is 32.2. The zero-order chi connectivity index (χ0) is 19.5. The Labute approximate surface area is 174 Å². The third-order valence-corrected chi connectivity index (χ3v) is 7.83. The van der Waals surface area contributed by atoms with Gasteiger partial charge in [-0.3, -0.25) is 4.79 Å². The minimum atomic E-state index is -0.178. The number of nitrogens with zero attached hydrogens (tertiary/aromatic N) is 2. The molecule has 2 heterocycles. The first-order chi connectivity index (χ1) is 13.7. The molecule has 0 spiro atoms. The van der Waals surface area contributed by atoms with Gasteiger partial charge in [0.15, 0.2) is 0 Å². The fraction of sp³-hybridized carbons (Fsp3) is 0.409. The Balaban J connectivity index is 1.56. The Morgan fingerprint density at radius 1 is 1.18 bits per heavy atom. The summed E-state index contributed by atoms with van der Waals surface area (Å²) in [4.78, 5) is 24.5. The molecule has 0 saturated heterocycles. The fourth-order valence-electron chi connectivity index (χ4n) is 3.65. The zero-order valence-electron chi connectivity index (χ0n) is 16.3. The van der Waals surface area contributed by atoms with E-state index in [0.717, 1.165) is 41.2 Å². The lowest BCUT2D eigenvalue weighted by Crippen LogP contribution is -2.24. The summed E-state index contributed by atoms with van der Waals surface area (Å²) in [6.07, 6.45) is 8.11. The van der Waals surface area contributed by atoms with Crippen molar-refractivity contribution in [2.24, 2.45) is 0 Å². The molecule has 3 aromatic rings. The van der Waals surface area contributed by atoms with Crippen LogP contribution in [-0.4, -0.2) is 21.1 Å². The number of aryl methyl sites for hydroxylation is 3. The van der Waals surface area contributed by atoms with Gasteiger partial charge >= 0.3 is 0 Å². The number of rotatable bonds is 6. The van der Waals surface area contributed by atoms with Crippen LogP contribution in [0.1, 0.15) is 49.1 Å². The van der Waals surface area contributed by atoms with E-state index in [-0.39, 0.29) is 11.2 Å². The van der Waals surface area contributed by atoms with Crippen LogP contribution >= 0.6 is 23.1 Å². The number of aromatic nitrogens is 2. The van der Waals surface area contributed by atoms with Crippen LogP contribution in [0.4, 0.5) is 5.69 Å². The second-order valence-corrected chi connectivity index (χ2v) is 9.40. The SMILES string of the molecule is CCc1ccc(NC(=O)C(CC)Sc2ncnc3sc4c(c23)CCCC4)cc1. The Morgan fingerprint density at radius 2 is 1.96 bits per heavy atom. The number of amides is 1. The number of thiophene rings is 1. The van der Waals surface area contributed by atoms with Crippen molar-refractivity contribution in [1.29, 1.82) is 0 Å². The summed E-state index contributed by atoms with van der Waals surface area (Å²) < 4.78 is 0. The van der Waals surface area contributed by atoms with Gasteiger partial charge in [-0.25, -0.2) is 9.97 Å². The number of hydrogen-bond donors (Lipinski definition) is 1. The van der Waals surface area contributed by atoms with Crippen molar-refractivity contribution in [2.45, 2.75) is 62.6 Å². The van der Waals surface area contributed by atoms with Crippen LogP contribution in [0, 0.1) is 0 Å². The summed E-state index contributed by atoms with van der Waals surface area (Å²) in [5.41, 5.74) is 3.53. The van der Waals surface area contributed by atoms with E-state index >= 15 is 0 Å². The molecule has 0 aliphatic heterocycles. The number of carbonyl (C=O) groups is 1. The average Bonchev–Trinajstić information content (AvgIpc) is 3.12. The minimum Gasteiger partial charge on any atom is -0.325 e. The van der Waals surface area contributed by atoms with Gasteiger partial charge in [-0.15, -0.1) is 11.3 Å². The monoisotopic (exact) mass is 411 g/mol. The molecule has 2 aromatic heterocycles. The van der Waals surface area contributed by atoms with Gasteiger partial charge in [0.05, 0.1) is 5.25 Å². The minimum absolute atomic E-state index is 0.0348. The highest BCUT2D eigenvalue weighted by Gasteiger charge is 2.24. The molecule has 1 amide bonds. The van der Waals surface area contributed by atoms with Gasteiger partial charge in [0.1, 0.15) is 16.2 Å². The van der Waals surface area contributed by atoms with E-state index in [1.165, 1.54) is 34.2 Å². The maximum atomic E-state index is 12.9. The molecule has 4 rings (SSSR count). The Hall–Kier alpha value is -1.92. The van der Waals surface area contributed by atoms with Gasteiger partial charge < -0.3 is 5.32 Å². The number of anilines is 1. The summed E-state index contributed by atoms with van der Waals surface area (Å²) in [5, 5.41) is 5.03. The van der Waals surface area contributed by atoms with E-state index < -0.39 is 0 Å². The topological polar surface area (TPSA) is 54.9 Å². The standard InChI is InChI=1S/C22H25N3OS2/c1-3-14-9-11-15(12-10-14)25-20(26)17(4-2)27-21-19-16-7-5-6-8-18(16)28-22(19)24-13-23-21/h9-13,17H,3-8H2,1-2H3,(H,25,26). The van der Waals surface area contributed by atoms with Crippen LogP contribution in [0.3, 0.4) is 0 Å². The third-order valence-electron chi connectivity index (χ3n) is 5.26. The summed E-state index contributed by atoms with van der Waals surface area (Å²) in [5.74, 6) is 0.0348. The highest BCUT2D eigenvalue weighted by Crippen LogP contribution is 2.40. The van der Waals surface area contributed by atoms with Crippen LogP contribution in [0.25, 0.3) is 10.2 Å². The van der Waals surface area contributed by atoms with Gasteiger partial charge in [-0.2, -0.15) is 0 Å². The zero-order valence-corrected chi connectivity index (χ0v) is 18.0. The van der Waals surface area contributed by atoms with Crippen molar-refractivity contribution in [3.63, 3.8) is 0 Å².